The number of nitrogens with one attached hydrogen (secondary N) is 2. The van der Waals surface area contributed by atoms with Gasteiger partial charge in [0.1, 0.15) is 11.5 Å². The van der Waals surface area contributed by atoms with Crippen LogP contribution in [0.3, 0.4) is 0 Å². The van der Waals surface area contributed by atoms with Crippen LogP contribution >= 0.6 is 7.56 Å². The molecule has 24 heavy (non-hydrogen) atoms. The van der Waals surface area contributed by atoms with Gasteiger partial charge in [0, 0.05) is 13.1 Å². The third-order valence-corrected chi connectivity index (χ3v) is 7.83. The van der Waals surface area contributed by atoms with E-state index >= 15 is 0 Å². The molecule has 2 aromatic rings. The summed E-state index contributed by atoms with van der Waals surface area (Å²) in [5, 5.41) is 9.35. The lowest BCUT2D eigenvalue weighted by molar-refractivity contribution is 0.734. The van der Waals surface area contributed by atoms with Gasteiger partial charge in [-0.05, 0) is 30.5 Å². The SMILES string of the molecule is CCCCN[P+](Cc1ccccc1)(NCCCC)c1ccccc1. The molecule has 0 atom stereocenters. The Bertz CT molecular complexity index is 547. The largest absolute Gasteiger partial charge is 0.184 e. The van der Waals surface area contributed by atoms with E-state index in [0.717, 1.165) is 19.3 Å². The lowest BCUT2D eigenvalue weighted by atomic mass is 10.2. The second kappa shape index (κ2) is 10.6. The molecule has 2 nitrogen and oxygen atoms in total. The molecular weight excluding hydrogens is 311 g/mol. The first-order valence-corrected chi connectivity index (χ1v) is 11.3. The molecule has 0 amide bonds. The Labute approximate surface area is 148 Å². The van der Waals surface area contributed by atoms with E-state index in [4.69, 9.17) is 0 Å². The van der Waals surface area contributed by atoms with E-state index in [1.165, 1.54) is 36.6 Å². The van der Waals surface area contributed by atoms with Crippen molar-refractivity contribution in [3.8, 4) is 0 Å². The third-order valence-electron chi connectivity index (χ3n) is 4.28. The molecule has 0 unspecified atom stereocenters. The van der Waals surface area contributed by atoms with Gasteiger partial charge in [0.05, 0.1) is 0 Å². The van der Waals surface area contributed by atoms with Crippen LogP contribution in [0.15, 0.2) is 60.7 Å². The van der Waals surface area contributed by atoms with Crippen LogP contribution in [0.1, 0.15) is 45.1 Å². The summed E-state index contributed by atoms with van der Waals surface area (Å²) < 4.78 is 0. The van der Waals surface area contributed by atoms with Crippen molar-refractivity contribution in [3.63, 3.8) is 0 Å². The van der Waals surface area contributed by atoms with Crippen LogP contribution in [0, 0.1) is 0 Å². The molecule has 0 aliphatic heterocycles. The fourth-order valence-electron chi connectivity index (χ4n) is 2.87. The first kappa shape index (κ1) is 19.1. The van der Waals surface area contributed by atoms with E-state index in [1.54, 1.807) is 0 Å². The van der Waals surface area contributed by atoms with Crippen LogP contribution in [0.4, 0.5) is 0 Å². The molecule has 0 fully saturated rings. The maximum absolute atomic E-state index is 3.96. The smallest absolute Gasteiger partial charge is 0.171 e. The van der Waals surface area contributed by atoms with Gasteiger partial charge in [-0.1, -0.05) is 75.2 Å². The van der Waals surface area contributed by atoms with Gasteiger partial charge in [-0.15, -0.1) is 0 Å². The second-order valence-electron chi connectivity index (χ2n) is 6.31. The minimum Gasteiger partial charge on any atom is -0.171 e. The summed E-state index contributed by atoms with van der Waals surface area (Å²) in [5.41, 5.74) is 1.41. The van der Waals surface area contributed by atoms with E-state index in [-0.39, 0.29) is 0 Å². The lowest BCUT2D eigenvalue weighted by Crippen LogP contribution is -2.37. The summed E-state index contributed by atoms with van der Waals surface area (Å²) in [6.45, 7) is 6.66. The number of rotatable bonds is 11. The van der Waals surface area contributed by atoms with Crippen molar-refractivity contribution in [3.05, 3.63) is 66.2 Å². The Morgan fingerprint density at radius 2 is 1.21 bits per heavy atom. The zero-order chi connectivity index (χ0) is 17.1. The summed E-state index contributed by atoms with van der Waals surface area (Å²) in [7, 11) is -1.63. The second-order valence-corrected chi connectivity index (χ2v) is 9.40. The van der Waals surface area contributed by atoms with Crippen LogP contribution in [-0.2, 0) is 6.16 Å². The highest BCUT2D eigenvalue weighted by atomic mass is 31.2. The molecule has 0 aliphatic carbocycles. The quantitative estimate of drug-likeness (QED) is 0.436. The Kier molecular flexibility index (Phi) is 8.45. The van der Waals surface area contributed by atoms with Crippen molar-refractivity contribution in [2.24, 2.45) is 0 Å². The van der Waals surface area contributed by atoms with Gasteiger partial charge in [-0.2, -0.15) is 10.2 Å². The van der Waals surface area contributed by atoms with E-state index < -0.39 is 7.56 Å². The molecule has 0 saturated heterocycles. The lowest BCUT2D eigenvalue weighted by Gasteiger charge is -2.28. The standard InChI is InChI=1S/C21H32N2P/c1-3-5-17-22-24(23-18-6-4-2,21-15-11-8-12-16-21)19-20-13-9-7-10-14-20/h7-16,22-23H,3-6,17-19H2,1-2H3/q+1. The van der Waals surface area contributed by atoms with Gasteiger partial charge < -0.3 is 0 Å². The van der Waals surface area contributed by atoms with Crippen LogP contribution < -0.4 is 15.5 Å². The van der Waals surface area contributed by atoms with Gasteiger partial charge in [-0.3, -0.25) is 0 Å². The zero-order valence-electron chi connectivity index (χ0n) is 15.2. The van der Waals surface area contributed by atoms with E-state index in [2.05, 4.69) is 84.7 Å². The Morgan fingerprint density at radius 1 is 0.708 bits per heavy atom. The summed E-state index contributed by atoms with van der Waals surface area (Å²) in [5.74, 6) is 0. The highest BCUT2D eigenvalue weighted by Gasteiger charge is 2.40. The highest BCUT2D eigenvalue weighted by molar-refractivity contribution is 7.78. The highest BCUT2D eigenvalue weighted by Crippen LogP contribution is 2.52. The van der Waals surface area contributed by atoms with Gasteiger partial charge in [0.25, 0.3) is 0 Å². The number of hydrogen-bond acceptors (Lipinski definition) is 2. The van der Waals surface area contributed by atoms with E-state index in [0.29, 0.717) is 0 Å². The van der Waals surface area contributed by atoms with Gasteiger partial charge in [-0.25, -0.2) is 0 Å². The van der Waals surface area contributed by atoms with E-state index in [9.17, 15) is 0 Å². The molecule has 0 aliphatic rings. The van der Waals surface area contributed by atoms with Crippen LogP contribution in [0.5, 0.6) is 0 Å². The fraction of sp³-hybridized carbons (Fsp3) is 0.429. The Morgan fingerprint density at radius 3 is 1.71 bits per heavy atom. The van der Waals surface area contributed by atoms with Crippen LogP contribution in [0.25, 0.3) is 0 Å². The number of benzene rings is 2. The minimum absolute atomic E-state index is 1.06. The predicted octanol–water partition coefficient (Wildman–Crippen LogP) is 5.14. The van der Waals surface area contributed by atoms with Gasteiger partial charge >= 0.3 is 0 Å². The number of hydrogen-bond donors (Lipinski definition) is 2. The molecule has 0 bridgehead atoms. The minimum atomic E-state index is -1.63. The Balaban J connectivity index is 2.29. The Hall–Kier alpha value is -1.21. The first-order valence-electron chi connectivity index (χ1n) is 9.28. The average Bonchev–Trinajstić information content (AvgIpc) is 2.63. The van der Waals surface area contributed by atoms with Crippen molar-refractivity contribution in [1.82, 2.24) is 10.2 Å². The molecule has 130 valence electrons. The first-order chi connectivity index (χ1) is 11.8. The molecular formula is C21H32N2P+. The summed E-state index contributed by atoms with van der Waals surface area (Å²) in [6.07, 6.45) is 5.95. The molecule has 0 heterocycles. The number of unbranched alkanes of at least 4 members (excludes halogenated alkanes) is 2. The maximum Gasteiger partial charge on any atom is 0.184 e. The molecule has 0 radical (unpaired) electrons. The van der Waals surface area contributed by atoms with Crippen molar-refractivity contribution in [2.45, 2.75) is 45.7 Å². The molecule has 3 heteroatoms. The monoisotopic (exact) mass is 343 g/mol. The summed E-state index contributed by atoms with van der Waals surface area (Å²) >= 11 is 0. The van der Waals surface area contributed by atoms with Crippen molar-refractivity contribution < 1.29 is 0 Å². The molecule has 0 spiro atoms. The van der Waals surface area contributed by atoms with Crippen LogP contribution in [0.2, 0.25) is 0 Å². The third kappa shape index (κ3) is 5.70. The van der Waals surface area contributed by atoms with Gasteiger partial charge in [0.15, 0.2) is 7.56 Å². The molecule has 2 rings (SSSR count). The topological polar surface area (TPSA) is 24.1 Å². The maximum atomic E-state index is 3.96. The van der Waals surface area contributed by atoms with E-state index in [1.807, 2.05) is 0 Å². The van der Waals surface area contributed by atoms with Crippen LogP contribution in [-0.4, -0.2) is 13.1 Å². The summed E-state index contributed by atoms with van der Waals surface area (Å²) in [6, 6.07) is 21.9. The zero-order valence-corrected chi connectivity index (χ0v) is 16.1. The normalized spacial score (nSPS) is 11.6. The molecule has 0 aromatic heterocycles. The fourth-order valence-corrected chi connectivity index (χ4v) is 6.28. The predicted molar refractivity (Wildman–Crippen MR) is 109 cm³/mol. The van der Waals surface area contributed by atoms with Crippen molar-refractivity contribution in [1.29, 1.82) is 0 Å². The summed E-state index contributed by atoms with van der Waals surface area (Å²) in [4.78, 5) is 0. The molecule has 2 aromatic carbocycles. The van der Waals surface area contributed by atoms with Gasteiger partial charge in [0.2, 0.25) is 0 Å². The molecule has 0 saturated carbocycles. The molecule has 2 N–H and O–H groups in total. The average molecular weight is 343 g/mol. The van der Waals surface area contributed by atoms with Crippen molar-refractivity contribution >= 4 is 12.9 Å². The van der Waals surface area contributed by atoms with Crippen molar-refractivity contribution in [2.75, 3.05) is 13.1 Å².